The van der Waals surface area contributed by atoms with Crippen LogP contribution in [0.3, 0.4) is 0 Å². The van der Waals surface area contributed by atoms with E-state index in [9.17, 15) is 0 Å². The molecule has 8 heteroatoms. The Balaban J connectivity index is 3.53. The average molecular weight is 810 g/mol. The Kier molecular flexibility index (Phi) is 18.7. The molecular formula is C45H92O4Si4. The normalized spacial score (nSPS) is 22.3. The first-order valence-corrected chi connectivity index (χ1v) is 33.1. The molecule has 0 aromatic heterocycles. The summed E-state index contributed by atoms with van der Waals surface area (Å²) in [6, 6.07) is 0. The van der Waals surface area contributed by atoms with Gasteiger partial charge < -0.3 is 17.7 Å². The van der Waals surface area contributed by atoms with Crippen LogP contribution in [0.5, 0.6) is 0 Å². The number of hydrogen-bond donors (Lipinski definition) is 0. The molecule has 5 atom stereocenters. The van der Waals surface area contributed by atoms with Crippen molar-refractivity contribution in [3.8, 4) is 0 Å². The van der Waals surface area contributed by atoms with Crippen LogP contribution in [0.4, 0.5) is 0 Å². The maximum atomic E-state index is 7.40. The Labute approximate surface area is 336 Å². The van der Waals surface area contributed by atoms with Gasteiger partial charge in [0.05, 0.1) is 24.1 Å². The van der Waals surface area contributed by atoms with Crippen LogP contribution in [0.2, 0.25) is 72.5 Å². The van der Waals surface area contributed by atoms with Gasteiger partial charge in [-0.1, -0.05) is 140 Å². The lowest BCUT2D eigenvalue weighted by Gasteiger charge is -2.40. The van der Waals surface area contributed by atoms with Crippen LogP contribution in [0, 0.1) is 11.8 Å². The molecule has 0 aromatic rings. The second-order valence-corrected chi connectivity index (χ2v) is 41.6. The number of rotatable bonds is 20. The molecule has 0 spiro atoms. The number of allylic oxidation sites excluding steroid dienone is 3. The summed E-state index contributed by atoms with van der Waals surface area (Å²) in [7, 11) is -7.86. The van der Waals surface area contributed by atoms with Crippen LogP contribution in [0.15, 0.2) is 36.6 Å². The van der Waals surface area contributed by atoms with E-state index >= 15 is 0 Å². The highest BCUT2D eigenvalue weighted by molar-refractivity contribution is 6.75. The van der Waals surface area contributed by atoms with E-state index in [1.54, 1.807) is 0 Å². The predicted molar refractivity (Wildman–Crippen MR) is 246 cm³/mol. The van der Waals surface area contributed by atoms with E-state index in [1.807, 2.05) is 0 Å². The fraction of sp³-hybridized carbons (Fsp3) is 0.867. The van der Waals surface area contributed by atoms with Gasteiger partial charge in [-0.25, -0.2) is 0 Å². The van der Waals surface area contributed by atoms with Gasteiger partial charge in [0.1, 0.15) is 0 Å². The molecule has 53 heavy (non-hydrogen) atoms. The Morgan fingerprint density at radius 3 is 1.62 bits per heavy atom. The zero-order chi connectivity index (χ0) is 41.5. The molecule has 0 aliphatic heterocycles. The zero-order valence-corrected chi connectivity index (χ0v) is 43.4. The second-order valence-electron chi connectivity index (χ2n) is 22.6. The van der Waals surface area contributed by atoms with E-state index < -0.39 is 33.3 Å². The van der Waals surface area contributed by atoms with Gasteiger partial charge in [-0.15, -0.1) is 0 Å². The zero-order valence-electron chi connectivity index (χ0n) is 39.4. The molecule has 0 bridgehead atoms. The molecule has 0 heterocycles. The minimum absolute atomic E-state index is 0.133. The summed E-state index contributed by atoms with van der Waals surface area (Å²) in [5.41, 5.74) is 0. The highest BCUT2D eigenvalue weighted by atomic mass is 28.4. The van der Waals surface area contributed by atoms with Crippen molar-refractivity contribution in [3.05, 3.63) is 36.6 Å². The van der Waals surface area contributed by atoms with Crippen LogP contribution in [0.1, 0.15) is 148 Å². The van der Waals surface area contributed by atoms with E-state index in [0.29, 0.717) is 5.92 Å². The third-order valence-corrected chi connectivity index (χ3v) is 31.8. The Bertz CT molecular complexity index is 1170. The van der Waals surface area contributed by atoms with Gasteiger partial charge >= 0.3 is 0 Å². The molecular weight excluding hydrogens is 717 g/mol. The molecule has 1 fully saturated rings. The molecule has 0 aromatic carbocycles. The minimum Gasteiger partial charge on any atom is -0.547 e. The maximum Gasteiger partial charge on any atom is 0.250 e. The molecule has 0 radical (unpaired) electrons. The van der Waals surface area contributed by atoms with E-state index in [1.165, 1.54) is 19.3 Å². The number of hydrogen-bond acceptors (Lipinski definition) is 4. The smallest absolute Gasteiger partial charge is 0.250 e. The fourth-order valence-electron chi connectivity index (χ4n) is 5.98. The Hall–Kier alpha value is -0.232. The topological polar surface area (TPSA) is 36.9 Å². The summed E-state index contributed by atoms with van der Waals surface area (Å²) in [5.74, 6) is 1.58. The molecule has 1 aliphatic rings. The van der Waals surface area contributed by atoms with Crippen molar-refractivity contribution in [3.63, 3.8) is 0 Å². The molecule has 0 N–H and O–H groups in total. The van der Waals surface area contributed by atoms with Crippen LogP contribution < -0.4 is 0 Å². The molecule has 1 aliphatic carbocycles. The summed E-state index contributed by atoms with van der Waals surface area (Å²) >= 11 is 0. The van der Waals surface area contributed by atoms with Crippen LogP contribution in [0.25, 0.3) is 0 Å². The van der Waals surface area contributed by atoms with E-state index in [4.69, 9.17) is 17.7 Å². The Morgan fingerprint density at radius 1 is 0.660 bits per heavy atom. The quantitative estimate of drug-likeness (QED) is 0.0531. The van der Waals surface area contributed by atoms with Gasteiger partial charge in [0.25, 0.3) is 0 Å². The first kappa shape index (κ1) is 50.8. The van der Waals surface area contributed by atoms with Crippen molar-refractivity contribution < 1.29 is 17.7 Å². The van der Waals surface area contributed by atoms with E-state index in [-0.39, 0.29) is 44.4 Å². The molecule has 0 saturated heterocycles. The SMILES string of the molecule is C=C(CCC/C=C\C[C@@H]1[C@@H](C=C[C@H](CCCCC)O[Si](C)(C)C(C)(C)C)[C@H](O[Si](C)(C)C(C)(C)C)C[C@@H]1O[Si](C)(C)C(C)(C)C)O[Si](C)(C)C(C)(C)C. The number of unbranched alkanes of at least 4 members (excludes halogenated alkanes) is 3. The lowest BCUT2D eigenvalue weighted by atomic mass is 9.89. The first-order chi connectivity index (χ1) is 23.7. The van der Waals surface area contributed by atoms with Gasteiger partial charge in [-0.05, 0) is 111 Å². The molecule has 0 unspecified atom stereocenters. The van der Waals surface area contributed by atoms with Gasteiger partial charge in [0, 0.05) is 12.3 Å². The largest absolute Gasteiger partial charge is 0.547 e. The molecule has 1 rings (SSSR count). The summed E-state index contributed by atoms with van der Waals surface area (Å²) in [6.45, 7) is 53.8. The molecule has 1 saturated carbocycles. The molecule has 312 valence electrons. The lowest BCUT2D eigenvalue weighted by Crippen LogP contribution is -2.45. The molecule has 4 nitrogen and oxygen atoms in total. The third-order valence-electron chi connectivity index (χ3n) is 13.9. The van der Waals surface area contributed by atoms with E-state index in [2.05, 4.69) is 173 Å². The van der Waals surface area contributed by atoms with Crippen molar-refractivity contribution in [1.82, 2.24) is 0 Å². The lowest BCUT2D eigenvalue weighted by molar-refractivity contribution is 0.129. The molecule has 0 amide bonds. The first-order valence-electron chi connectivity index (χ1n) is 21.4. The minimum atomic E-state index is -2.04. The van der Waals surface area contributed by atoms with Crippen molar-refractivity contribution in [2.75, 3.05) is 0 Å². The van der Waals surface area contributed by atoms with Gasteiger partial charge in [0.15, 0.2) is 25.0 Å². The average Bonchev–Trinajstić information content (AvgIpc) is 3.24. The summed E-state index contributed by atoms with van der Waals surface area (Å²) < 4.78 is 28.4. The van der Waals surface area contributed by atoms with Crippen molar-refractivity contribution in [1.29, 1.82) is 0 Å². The monoisotopic (exact) mass is 809 g/mol. The Morgan fingerprint density at radius 2 is 1.15 bits per heavy atom. The maximum absolute atomic E-state index is 7.40. The van der Waals surface area contributed by atoms with E-state index in [0.717, 1.165) is 44.3 Å². The fourth-order valence-corrected chi connectivity index (χ4v) is 11.2. The van der Waals surface area contributed by atoms with Crippen LogP contribution in [-0.2, 0) is 17.7 Å². The summed E-state index contributed by atoms with van der Waals surface area (Å²) in [4.78, 5) is 0. The standard InChI is InChI=1S/C45H92O4Si4/c1-23-24-27-31-37(47-51(17,18)43(6,7)8)33-34-39-38(32-29-26-25-28-30-36(2)46-50(15,16)42(3,4)5)40(48-52(19,20)44(9,10)11)35-41(39)49-53(21,22)45(12,13)14/h26,29,33-34,37-41H,2,23-25,27-28,30-32,35H2,1,3-22H3/b29-26-,34-33?/t37-,38+,39+,40-,41+/m0/s1. The van der Waals surface area contributed by atoms with Crippen LogP contribution >= 0.6 is 0 Å². The van der Waals surface area contributed by atoms with Crippen LogP contribution in [-0.4, -0.2) is 51.6 Å². The highest BCUT2D eigenvalue weighted by Crippen LogP contribution is 2.48. The van der Waals surface area contributed by atoms with Gasteiger partial charge in [0.2, 0.25) is 8.32 Å². The third kappa shape index (κ3) is 15.6. The van der Waals surface area contributed by atoms with Crippen molar-refractivity contribution >= 4 is 33.3 Å². The van der Waals surface area contributed by atoms with Crippen molar-refractivity contribution in [2.45, 2.75) is 239 Å². The highest BCUT2D eigenvalue weighted by Gasteiger charge is 2.50. The van der Waals surface area contributed by atoms with Crippen molar-refractivity contribution in [2.24, 2.45) is 11.8 Å². The van der Waals surface area contributed by atoms with Gasteiger partial charge in [-0.2, -0.15) is 0 Å². The predicted octanol–water partition coefficient (Wildman–Crippen LogP) is 15.6. The summed E-state index contributed by atoms with van der Waals surface area (Å²) in [6.07, 6.45) is 20.0. The summed E-state index contributed by atoms with van der Waals surface area (Å²) in [5, 5.41) is 0.641. The second kappa shape index (κ2) is 19.5. The van der Waals surface area contributed by atoms with Gasteiger partial charge in [-0.3, -0.25) is 0 Å².